The maximum Gasteiger partial charge on any atom is 0.251 e. The second-order valence-corrected chi connectivity index (χ2v) is 9.05. The van der Waals surface area contributed by atoms with E-state index in [1.807, 2.05) is 95.7 Å². The van der Waals surface area contributed by atoms with E-state index < -0.39 is 0 Å². The van der Waals surface area contributed by atoms with E-state index in [1.165, 1.54) is 0 Å². The van der Waals surface area contributed by atoms with Crippen LogP contribution in [0.15, 0.2) is 103 Å². The van der Waals surface area contributed by atoms with E-state index in [0.717, 1.165) is 38.9 Å². The predicted octanol–water partition coefficient (Wildman–Crippen LogP) is 5.05. The molecule has 2 heterocycles. The van der Waals surface area contributed by atoms with Crippen LogP contribution >= 0.6 is 0 Å². The predicted molar refractivity (Wildman–Crippen MR) is 148 cm³/mol. The van der Waals surface area contributed by atoms with Crippen LogP contribution in [-0.2, 0) is 13.1 Å². The summed E-state index contributed by atoms with van der Waals surface area (Å²) in [5, 5.41) is 20.0. The van der Waals surface area contributed by atoms with Crippen LogP contribution < -0.4 is 11.1 Å². The minimum absolute atomic E-state index is 0.146. The van der Waals surface area contributed by atoms with Crippen LogP contribution in [0.3, 0.4) is 0 Å². The van der Waals surface area contributed by atoms with Crippen molar-refractivity contribution in [2.75, 3.05) is 5.73 Å². The van der Waals surface area contributed by atoms with E-state index in [4.69, 9.17) is 5.73 Å². The fourth-order valence-corrected chi connectivity index (χ4v) is 4.53. The van der Waals surface area contributed by atoms with Crippen molar-refractivity contribution in [1.29, 1.82) is 0 Å². The molecule has 4 aromatic carbocycles. The number of amides is 1. The van der Waals surface area contributed by atoms with Crippen LogP contribution in [0.1, 0.15) is 21.5 Å². The van der Waals surface area contributed by atoms with Crippen molar-refractivity contribution in [2.45, 2.75) is 13.1 Å². The second kappa shape index (κ2) is 10.0. The lowest BCUT2D eigenvalue weighted by Gasteiger charge is -2.11. The summed E-state index contributed by atoms with van der Waals surface area (Å²) < 4.78 is 1.87. The number of anilines is 1. The number of nitrogens with zero attached hydrogens (tertiary/aromatic N) is 4. The maximum absolute atomic E-state index is 13.1. The summed E-state index contributed by atoms with van der Waals surface area (Å²) in [6.45, 7) is 0.985. The highest BCUT2D eigenvalue weighted by Crippen LogP contribution is 2.33. The molecule has 4 N–H and O–H groups in total. The summed E-state index contributed by atoms with van der Waals surface area (Å²) in [4.78, 5) is 13.1. The molecule has 0 spiro atoms. The van der Waals surface area contributed by atoms with Gasteiger partial charge in [-0.25, -0.2) is 4.68 Å². The number of nitrogen functional groups attached to an aromatic ring is 1. The van der Waals surface area contributed by atoms with Gasteiger partial charge in [-0.3, -0.25) is 9.89 Å². The SMILES string of the molecule is Nc1n[nH]c2ccc(-c3nnn(Cc4ccccc4)c3-c3cccc(C(=O)NCc4ccccc4)c3)cc12. The zero-order valence-electron chi connectivity index (χ0n) is 20.5. The van der Waals surface area contributed by atoms with E-state index in [-0.39, 0.29) is 5.91 Å². The van der Waals surface area contributed by atoms with Crippen LogP contribution in [0, 0.1) is 0 Å². The minimum Gasteiger partial charge on any atom is -0.382 e. The van der Waals surface area contributed by atoms with Crippen molar-refractivity contribution in [3.05, 3.63) is 120 Å². The lowest BCUT2D eigenvalue weighted by atomic mass is 10.0. The molecule has 0 unspecified atom stereocenters. The molecule has 38 heavy (non-hydrogen) atoms. The third-order valence-corrected chi connectivity index (χ3v) is 6.47. The molecule has 0 fully saturated rings. The third-order valence-electron chi connectivity index (χ3n) is 6.47. The molecule has 2 aromatic heterocycles. The molecule has 0 aliphatic heterocycles. The van der Waals surface area contributed by atoms with Crippen molar-refractivity contribution in [1.82, 2.24) is 30.5 Å². The molecule has 1 amide bonds. The number of benzene rings is 4. The molecular weight excluding hydrogens is 474 g/mol. The summed E-state index contributed by atoms with van der Waals surface area (Å²) >= 11 is 0. The van der Waals surface area contributed by atoms with E-state index >= 15 is 0 Å². The topological polar surface area (TPSA) is 115 Å². The summed E-state index contributed by atoms with van der Waals surface area (Å²) in [6.07, 6.45) is 0. The Kier molecular flexibility index (Phi) is 6.11. The summed E-state index contributed by atoms with van der Waals surface area (Å²) in [5.74, 6) is 0.282. The van der Waals surface area contributed by atoms with Crippen LogP contribution in [0.2, 0.25) is 0 Å². The van der Waals surface area contributed by atoms with Crippen molar-refractivity contribution < 1.29 is 4.79 Å². The van der Waals surface area contributed by atoms with Crippen molar-refractivity contribution >= 4 is 22.6 Å². The molecule has 6 aromatic rings. The number of fused-ring (bicyclic) bond motifs is 1. The molecular formula is C30H25N7O. The number of nitrogens with one attached hydrogen (secondary N) is 2. The minimum atomic E-state index is -0.146. The Morgan fingerprint density at radius 2 is 1.61 bits per heavy atom. The van der Waals surface area contributed by atoms with Crippen molar-refractivity contribution in [3.8, 4) is 22.5 Å². The zero-order chi connectivity index (χ0) is 25.9. The van der Waals surface area contributed by atoms with Gasteiger partial charge in [0.05, 0.1) is 17.8 Å². The largest absolute Gasteiger partial charge is 0.382 e. The molecule has 0 aliphatic rings. The number of aromatic nitrogens is 5. The first kappa shape index (κ1) is 23.2. The van der Waals surface area contributed by atoms with Gasteiger partial charge in [-0.05, 0) is 35.4 Å². The van der Waals surface area contributed by atoms with E-state index in [1.54, 1.807) is 0 Å². The molecule has 8 nitrogen and oxygen atoms in total. The van der Waals surface area contributed by atoms with Gasteiger partial charge < -0.3 is 11.1 Å². The first-order valence-corrected chi connectivity index (χ1v) is 12.3. The van der Waals surface area contributed by atoms with Gasteiger partial charge in [0.15, 0.2) is 5.82 Å². The summed E-state index contributed by atoms with van der Waals surface area (Å²) in [5.41, 5.74) is 12.8. The fraction of sp³-hybridized carbons (Fsp3) is 0.0667. The Morgan fingerprint density at radius 3 is 2.39 bits per heavy atom. The van der Waals surface area contributed by atoms with Gasteiger partial charge in [0.25, 0.3) is 5.91 Å². The first-order valence-electron chi connectivity index (χ1n) is 12.3. The van der Waals surface area contributed by atoms with Gasteiger partial charge >= 0.3 is 0 Å². The smallest absolute Gasteiger partial charge is 0.251 e. The second-order valence-electron chi connectivity index (χ2n) is 9.05. The van der Waals surface area contributed by atoms with Gasteiger partial charge in [-0.2, -0.15) is 5.10 Å². The molecule has 0 aliphatic carbocycles. The Bertz CT molecular complexity index is 1720. The molecule has 8 heteroatoms. The Labute approximate surface area is 219 Å². The molecule has 0 bridgehead atoms. The molecule has 0 radical (unpaired) electrons. The van der Waals surface area contributed by atoms with Crippen LogP contribution in [0.5, 0.6) is 0 Å². The summed E-state index contributed by atoms with van der Waals surface area (Å²) in [7, 11) is 0. The Morgan fingerprint density at radius 1 is 0.842 bits per heavy atom. The average Bonchev–Trinajstić information content (AvgIpc) is 3.56. The van der Waals surface area contributed by atoms with E-state index in [2.05, 4.69) is 38.0 Å². The van der Waals surface area contributed by atoms with Gasteiger partial charge in [0, 0.05) is 28.6 Å². The average molecular weight is 500 g/mol. The number of aromatic amines is 1. The highest BCUT2D eigenvalue weighted by molar-refractivity contribution is 5.96. The molecule has 0 saturated heterocycles. The van der Waals surface area contributed by atoms with Gasteiger partial charge in [-0.15, -0.1) is 5.10 Å². The zero-order valence-corrected chi connectivity index (χ0v) is 20.5. The monoisotopic (exact) mass is 499 g/mol. The van der Waals surface area contributed by atoms with Crippen LogP contribution in [-0.4, -0.2) is 31.1 Å². The van der Waals surface area contributed by atoms with Crippen LogP contribution in [0.25, 0.3) is 33.4 Å². The molecule has 6 rings (SSSR count). The lowest BCUT2D eigenvalue weighted by Crippen LogP contribution is -2.22. The quantitative estimate of drug-likeness (QED) is 0.284. The molecule has 186 valence electrons. The Hall–Kier alpha value is -5.24. The fourth-order valence-electron chi connectivity index (χ4n) is 4.53. The standard InChI is InChI=1S/C30H25N7O/c31-29-25-17-22(14-15-26(25)33-35-29)27-28(37(36-34-27)19-21-10-5-2-6-11-21)23-12-7-13-24(16-23)30(38)32-18-20-8-3-1-4-9-20/h1-17H,18-19H2,(H,32,38)(H3,31,33,35). The van der Waals surface area contributed by atoms with Gasteiger partial charge in [0.1, 0.15) is 5.69 Å². The molecule has 0 atom stereocenters. The van der Waals surface area contributed by atoms with E-state index in [0.29, 0.717) is 30.2 Å². The normalized spacial score (nSPS) is 11.1. The maximum atomic E-state index is 13.1. The first-order chi connectivity index (χ1) is 18.7. The number of H-pyrrole nitrogens is 1. The molecule has 0 saturated carbocycles. The van der Waals surface area contributed by atoms with E-state index in [9.17, 15) is 4.79 Å². The highest BCUT2D eigenvalue weighted by atomic mass is 16.1. The number of nitrogens with two attached hydrogens (primary N) is 1. The van der Waals surface area contributed by atoms with Crippen LogP contribution in [0.4, 0.5) is 5.82 Å². The number of carbonyl (C=O) groups is 1. The number of rotatable bonds is 7. The van der Waals surface area contributed by atoms with Crippen molar-refractivity contribution in [3.63, 3.8) is 0 Å². The third kappa shape index (κ3) is 4.62. The Balaban J connectivity index is 1.40. The highest BCUT2D eigenvalue weighted by Gasteiger charge is 2.19. The lowest BCUT2D eigenvalue weighted by molar-refractivity contribution is 0.0951. The van der Waals surface area contributed by atoms with Gasteiger partial charge in [0.2, 0.25) is 0 Å². The number of hydrogen-bond donors (Lipinski definition) is 3. The van der Waals surface area contributed by atoms with Crippen molar-refractivity contribution in [2.24, 2.45) is 0 Å². The number of carbonyl (C=O) groups excluding carboxylic acids is 1. The summed E-state index contributed by atoms with van der Waals surface area (Å²) in [6, 6.07) is 33.4. The number of hydrogen-bond acceptors (Lipinski definition) is 5. The van der Waals surface area contributed by atoms with Gasteiger partial charge in [-0.1, -0.05) is 84.1 Å².